The smallest absolute Gasteiger partial charge is 0.157 e. The Bertz CT molecular complexity index is 972. The first-order valence-electron chi connectivity index (χ1n) is 14.8. The molecule has 38 heavy (non-hydrogen) atoms. The van der Waals surface area contributed by atoms with E-state index in [2.05, 4.69) is 107 Å². The fourth-order valence-electron chi connectivity index (χ4n) is 5.50. The van der Waals surface area contributed by atoms with E-state index in [4.69, 9.17) is 9.47 Å². The van der Waals surface area contributed by atoms with Crippen LogP contribution in [-0.4, -0.2) is 25.7 Å². The molecule has 0 saturated heterocycles. The highest BCUT2D eigenvalue weighted by Gasteiger charge is 2.47. The third kappa shape index (κ3) is 8.01. The summed E-state index contributed by atoms with van der Waals surface area (Å²) in [5, 5.41) is 4.60. The molecule has 0 bridgehead atoms. The van der Waals surface area contributed by atoms with Crippen molar-refractivity contribution in [1.29, 1.82) is 0 Å². The molecule has 3 heteroatoms. The summed E-state index contributed by atoms with van der Waals surface area (Å²) in [5.41, 5.74) is 4.21. The highest BCUT2D eigenvalue weighted by molar-refractivity contribution is 7.96. The summed E-state index contributed by atoms with van der Waals surface area (Å²) in [5.74, 6) is 0. The van der Waals surface area contributed by atoms with E-state index in [1.54, 1.807) is 0 Å². The first kappa shape index (κ1) is 30.6. The monoisotopic (exact) mass is 533 g/mol. The lowest BCUT2D eigenvalue weighted by Crippen LogP contribution is -2.37. The van der Waals surface area contributed by atoms with Gasteiger partial charge in [0, 0.05) is 13.2 Å². The minimum atomic E-state index is -1.84. The lowest BCUT2D eigenvalue weighted by atomic mass is 10.2. The first-order chi connectivity index (χ1) is 18.5. The molecule has 0 N–H and O–H groups in total. The van der Waals surface area contributed by atoms with Crippen LogP contribution in [0, 0.1) is 20.8 Å². The van der Waals surface area contributed by atoms with Crippen molar-refractivity contribution in [2.75, 3.05) is 19.4 Å². The Hall–Kier alpha value is -1.99. The highest BCUT2D eigenvalue weighted by atomic mass is 31.2. The van der Waals surface area contributed by atoms with E-state index in [0.717, 1.165) is 51.7 Å². The van der Waals surface area contributed by atoms with E-state index in [0.29, 0.717) is 0 Å². The molecule has 3 aromatic carbocycles. The molecular formula is C35H50O2P+. The molecule has 3 aromatic rings. The van der Waals surface area contributed by atoms with Crippen molar-refractivity contribution in [2.45, 2.75) is 92.3 Å². The maximum absolute atomic E-state index is 6.12. The third-order valence-corrected chi connectivity index (χ3v) is 12.6. The van der Waals surface area contributed by atoms with Gasteiger partial charge in [0.05, 0.1) is 6.16 Å². The third-order valence-electron chi connectivity index (χ3n) is 7.62. The zero-order valence-electron chi connectivity index (χ0n) is 24.5. The van der Waals surface area contributed by atoms with E-state index in [1.165, 1.54) is 51.6 Å². The van der Waals surface area contributed by atoms with Gasteiger partial charge in [0.1, 0.15) is 23.2 Å². The van der Waals surface area contributed by atoms with E-state index < -0.39 is 7.26 Å². The van der Waals surface area contributed by atoms with E-state index in [-0.39, 0.29) is 6.29 Å². The second-order valence-electron chi connectivity index (χ2n) is 10.6. The average Bonchev–Trinajstić information content (AvgIpc) is 2.92. The maximum atomic E-state index is 6.12. The van der Waals surface area contributed by atoms with Gasteiger partial charge < -0.3 is 9.47 Å². The fraction of sp³-hybridized carbons (Fsp3) is 0.486. The molecule has 0 aliphatic carbocycles. The standard InChI is InChI=1S/C35H50O2P/c1-6-8-26-36-35(37-27-9-7-2)25-11-10-18-28-38(32-22-15-12-19-29(32)3,33-23-16-13-20-30(33)4)34-24-17-14-21-31(34)5/h12-17,19-24,35H,6-11,18,25-28H2,1-5H3/q+1. The van der Waals surface area contributed by atoms with Crippen LogP contribution in [-0.2, 0) is 9.47 Å². The zero-order chi connectivity index (χ0) is 27.2. The molecule has 0 aliphatic rings. The van der Waals surface area contributed by atoms with Crippen molar-refractivity contribution < 1.29 is 9.47 Å². The van der Waals surface area contributed by atoms with Crippen LogP contribution in [0.25, 0.3) is 0 Å². The Balaban J connectivity index is 1.86. The Morgan fingerprint density at radius 1 is 0.553 bits per heavy atom. The van der Waals surface area contributed by atoms with Crippen molar-refractivity contribution in [2.24, 2.45) is 0 Å². The minimum absolute atomic E-state index is 0.0586. The van der Waals surface area contributed by atoms with Crippen LogP contribution in [0.15, 0.2) is 72.8 Å². The molecular weight excluding hydrogens is 483 g/mol. The highest BCUT2D eigenvalue weighted by Crippen LogP contribution is 2.58. The van der Waals surface area contributed by atoms with Crippen LogP contribution < -0.4 is 15.9 Å². The molecule has 206 valence electrons. The van der Waals surface area contributed by atoms with Crippen molar-refractivity contribution >= 4 is 23.2 Å². The lowest BCUT2D eigenvalue weighted by Gasteiger charge is -2.31. The second kappa shape index (κ2) is 16.2. The lowest BCUT2D eigenvalue weighted by molar-refractivity contribution is -0.147. The molecule has 0 aromatic heterocycles. The molecule has 0 amide bonds. The van der Waals surface area contributed by atoms with Crippen LogP contribution in [0.2, 0.25) is 0 Å². The van der Waals surface area contributed by atoms with Gasteiger partial charge in [0.25, 0.3) is 0 Å². The molecule has 0 atom stereocenters. The Labute approximate surface area is 233 Å². The number of unbranched alkanes of at least 4 members (excludes halogenated alkanes) is 4. The molecule has 0 heterocycles. The number of benzene rings is 3. The number of aryl methyl sites for hydroxylation is 3. The molecule has 0 fully saturated rings. The summed E-state index contributed by atoms with van der Waals surface area (Å²) < 4.78 is 12.2. The van der Waals surface area contributed by atoms with E-state index in [1.807, 2.05) is 0 Å². The summed E-state index contributed by atoms with van der Waals surface area (Å²) in [6.45, 7) is 12.9. The molecule has 0 radical (unpaired) electrons. The minimum Gasteiger partial charge on any atom is -0.353 e. The molecule has 0 spiro atoms. The van der Waals surface area contributed by atoms with Gasteiger partial charge in [-0.15, -0.1) is 0 Å². The number of rotatable bonds is 17. The molecule has 3 rings (SSSR count). The number of hydrogen-bond donors (Lipinski definition) is 0. The average molecular weight is 534 g/mol. The van der Waals surface area contributed by atoms with E-state index >= 15 is 0 Å². The fourth-order valence-corrected chi connectivity index (χ4v) is 10.7. The van der Waals surface area contributed by atoms with Gasteiger partial charge in [-0.2, -0.15) is 0 Å². The van der Waals surface area contributed by atoms with Crippen LogP contribution in [0.5, 0.6) is 0 Å². The summed E-state index contributed by atoms with van der Waals surface area (Å²) in [7, 11) is -1.84. The molecule has 2 nitrogen and oxygen atoms in total. The van der Waals surface area contributed by atoms with Gasteiger partial charge in [-0.3, -0.25) is 0 Å². The second-order valence-corrected chi connectivity index (χ2v) is 14.1. The van der Waals surface area contributed by atoms with Crippen LogP contribution in [0.3, 0.4) is 0 Å². The normalized spacial score (nSPS) is 11.8. The van der Waals surface area contributed by atoms with E-state index in [9.17, 15) is 0 Å². The van der Waals surface area contributed by atoms with Gasteiger partial charge in [0.2, 0.25) is 0 Å². The van der Waals surface area contributed by atoms with Crippen LogP contribution >= 0.6 is 7.26 Å². The zero-order valence-corrected chi connectivity index (χ0v) is 25.4. The van der Waals surface area contributed by atoms with Crippen molar-refractivity contribution in [3.05, 3.63) is 89.5 Å². The quantitative estimate of drug-likeness (QED) is 0.0985. The first-order valence-corrected chi connectivity index (χ1v) is 16.8. The van der Waals surface area contributed by atoms with Gasteiger partial charge in [-0.05, 0) is 94.2 Å². The Kier molecular flexibility index (Phi) is 13.0. The van der Waals surface area contributed by atoms with Crippen molar-refractivity contribution in [3.8, 4) is 0 Å². The van der Waals surface area contributed by atoms with Gasteiger partial charge in [0.15, 0.2) is 6.29 Å². The van der Waals surface area contributed by atoms with Crippen molar-refractivity contribution in [1.82, 2.24) is 0 Å². The summed E-state index contributed by atoms with van der Waals surface area (Å²) in [6, 6.07) is 27.4. The van der Waals surface area contributed by atoms with Crippen LogP contribution in [0.1, 0.15) is 81.9 Å². The predicted molar refractivity (Wildman–Crippen MR) is 168 cm³/mol. The predicted octanol–water partition coefficient (Wildman–Crippen LogP) is 8.43. The largest absolute Gasteiger partial charge is 0.353 e. The summed E-state index contributed by atoms with van der Waals surface area (Å²) in [6.07, 6.45) is 10.2. The van der Waals surface area contributed by atoms with Crippen molar-refractivity contribution in [3.63, 3.8) is 0 Å². The van der Waals surface area contributed by atoms with Gasteiger partial charge in [-0.25, -0.2) is 0 Å². The topological polar surface area (TPSA) is 18.5 Å². The Morgan fingerprint density at radius 2 is 0.974 bits per heavy atom. The summed E-state index contributed by atoms with van der Waals surface area (Å²) >= 11 is 0. The van der Waals surface area contributed by atoms with Gasteiger partial charge in [-0.1, -0.05) is 81.3 Å². The van der Waals surface area contributed by atoms with Gasteiger partial charge >= 0.3 is 0 Å². The maximum Gasteiger partial charge on any atom is 0.157 e. The number of ether oxygens (including phenoxy) is 2. The number of hydrogen-bond acceptors (Lipinski definition) is 2. The molecule has 0 saturated carbocycles. The summed E-state index contributed by atoms with van der Waals surface area (Å²) in [4.78, 5) is 0. The van der Waals surface area contributed by atoms with Crippen LogP contribution in [0.4, 0.5) is 0 Å². The molecule has 0 unspecified atom stereocenters. The Morgan fingerprint density at radius 3 is 1.37 bits per heavy atom. The SMILES string of the molecule is CCCCOC(CCCCC[P+](c1ccccc1C)(c1ccccc1C)c1ccccc1C)OCCCC. The molecule has 0 aliphatic heterocycles.